The lowest BCUT2D eigenvalue weighted by molar-refractivity contribution is -0.136. The standard InChI is InChI=1S/C13H10N2O4.C4H10/c16-10-6-5-9(11(17)14-10)15-12(18)7-3-1-2-4-8(7)13(15)19;1-4(2)3/h1-4,9H,5-6H2,(H,14,16,17);4H,1-3H3. The van der Waals surface area contributed by atoms with Gasteiger partial charge in [0.1, 0.15) is 6.04 Å². The maximum atomic E-state index is 12.2. The third kappa shape index (κ3) is 3.47. The van der Waals surface area contributed by atoms with E-state index in [9.17, 15) is 19.2 Å². The molecular formula is C17H20N2O4. The van der Waals surface area contributed by atoms with Crippen LogP contribution in [0.1, 0.15) is 54.3 Å². The molecule has 0 saturated carbocycles. The average Bonchev–Trinajstić information content (AvgIpc) is 2.72. The molecule has 122 valence electrons. The van der Waals surface area contributed by atoms with Crippen LogP contribution in [0.4, 0.5) is 0 Å². The highest BCUT2D eigenvalue weighted by atomic mass is 16.2. The van der Waals surface area contributed by atoms with E-state index in [1.807, 2.05) is 0 Å². The zero-order valence-corrected chi connectivity index (χ0v) is 13.5. The van der Waals surface area contributed by atoms with Crippen LogP contribution in [0, 0.1) is 5.92 Å². The summed E-state index contributed by atoms with van der Waals surface area (Å²) >= 11 is 0. The van der Waals surface area contributed by atoms with Crippen LogP contribution in [-0.4, -0.2) is 34.6 Å². The van der Waals surface area contributed by atoms with Gasteiger partial charge in [0.15, 0.2) is 0 Å². The molecule has 1 aromatic carbocycles. The van der Waals surface area contributed by atoms with Crippen LogP contribution >= 0.6 is 0 Å². The van der Waals surface area contributed by atoms with E-state index < -0.39 is 23.8 Å². The number of rotatable bonds is 1. The summed E-state index contributed by atoms with van der Waals surface area (Å²) in [5.41, 5.74) is 0.606. The summed E-state index contributed by atoms with van der Waals surface area (Å²) < 4.78 is 0. The summed E-state index contributed by atoms with van der Waals surface area (Å²) in [6.45, 7) is 6.50. The van der Waals surface area contributed by atoms with Crippen molar-refractivity contribution in [1.82, 2.24) is 10.2 Å². The quantitative estimate of drug-likeness (QED) is 0.800. The van der Waals surface area contributed by atoms with Crippen molar-refractivity contribution in [2.24, 2.45) is 5.92 Å². The number of hydrogen-bond donors (Lipinski definition) is 1. The van der Waals surface area contributed by atoms with E-state index in [-0.39, 0.29) is 18.7 Å². The summed E-state index contributed by atoms with van der Waals surface area (Å²) in [5, 5.41) is 2.15. The highest BCUT2D eigenvalue weighted by molar-refractivity contribution is 6.23. The van der Waals surface area contributed by atoms with Crippen molar-refractivity contribution in [2.45, 2.75) is 39.7 Å². The lowest BCUT2D eigenvalue weighted by atomic mass is 10.0. The van der Waals surface area contributed by atoms with Crippen LogP contribution in [-0.2, 0) is 9.59 Å². The molecule has 0 bridgehead atoms. The monoisotopic (exact) mass is 316 g/mol. The molecule has 0 spiro atoms. The van der Waals surface area contributed by atoms with Crippen LogP contribution < -0.4 is 5.32 Å². The number of imide groups is 2. The molecular weight excluding hydrogens is 296 g/mol. The molecule has 1 fully saturated rings. The number of piperidine rings is 1. The van der Waals surface area contributed by atoms with Gasteiger partial charge < -0.3 is 0 Å². The second-order valence-electron chi connectivity index (χ2n) is 6.22. The molecule has 2 heterocycles. The van der Waals surface area contributed by atoms with Crippen molar-refractivity contribution in [3.63, 3.8) is 0 Å². The van der Waals surface area contributed by atoms with Gasteiger partial charge in [-0.3, -0.25) is 29.4 Å². The Labute approximate surface area is 134 Å². The highest BCUT2D eigenvalue weighted by Gasteiger charge is 2.44. The van der Waals surface area contributed by atoms with Crippen LogP contribution in [0.5, 0.6) is 0 Å². The zero-order valence-electron chi connectivity index (χ0n) is 13.5. The Balaban J connectivity index is 0.000000433. The molecule has 1 saturated heterocycles. The lowest BCUT2D eigenvalue weighted by Crippen LogP contribution is -2.54. The fraction of sp³-hybridized carbons (Fsp3) is 0.412. The minimum absolute atomic E-state index is 0.129. The molecule has 6 nitrogen and oxygen atoms in total. The Kier molecular flexibility index (Phi) is 4.93. The first-order chi connectivity index (χ1) is 10.8. The number of nitrogens with one attached hydrogen (secondary N) is 1. The Morgan fingerprint density at radius 3 is 1.91 bits per heavy atom. The number of benzene rings is 1. The van der Waals surface area contributed by atoms with Gasteiger partial charge in [0.2, 0.25) is 11.8 Å². The van der Waals surface area contributed by atoms with Crippen LogP contribution in [0.2, 0.25) is 0 Å². The zero-order chi connectivity index (χ0) is 17.1. The van der Waals surface area contributed by atoms with Crippen molar-refractivity contribution in [2.75, 3.05) is 0 Å². The van der Waals surface area contributed by atoms with Gasteiger partial charge in [-0.05, 0) is 24.5 Å². The molecule has 0 radical (unpaired) electrons. The minimum atomic E-state index is -0.898. The number of carbonyl (C=O) groups is 4. The largest absolute Gasteiger partial charge is 0.295 e. The van der Waals surface area contributed by atoms with Crippen LogP contribution in [0.25, 0.3) is 0 Å². The van der Waals surface area contributed by atoms with Gasteiger partial charge in [-0.15, -0.1) is 0 Å². The average molecular weight is 316 g/mol. The molecule has 23 heavy (non-hydrogen) atoms. The molecule has 2 aliphatic rings. The van der Waals surface area contributed by atoms with E-state index in [2.05, 4.69) is 26.1 Å². The summed E-state index contributed by atoms with van der Waals surface area (Å²) in [5.74, 6) is -1.09. The van der Waals surface area contributed by atoms with Crippen molar-refractivity contribution < 1.29 is 19.2 Å². The van der Waals surface area contributed by atoms with E-state index >= 15 is 0 Å². The van der Waals surface area contributed by atoms with Gasteiger partial charge in [-0.1, -0.05) is 32.9 Å². The highest BCUT2D eigenvalue weighted by Crippen LogP contribution is 2.26. The fourth-order valence-electron chi connectivity index (χ4n) is 2.42. The van der Waals surface area contributed by atoms with E-state index in [1.54, 1.807) is 24.3 Å². The smallest absolute Gasteiger partial charge is 0.262 e. The first kappa shape index (κ1) is 16.9. The third-order valence-corrected chi connectivity index (χ3v) is 3.35. The molecule has 0 aliphatic carbocycles. The van der Waals surface area contributed by atoms with Gasteiger partial charge in [-0.25, -0.2) is 0 Å². The predicted molar refractivity (Wildman–Crippen MR) is 83.6 cm³/mol. The lowest BCUT2D eigenvalue weighted by Gasteiger charge is -2.27. The van der Waals surface area contributed by atoms with E-state index in [4.69, 9.17) is 0 Å². The number of fused-ring (bicyclic) bond motifs is 1. The predicted octanol–water partition coefficient (Wildman–Crippen LogP) is 1.75. The number of carbonyl (C=O) groups excluding carboxylic acids is 4. The molecule has 0 aromatic heterocycles. The van der Waals surface area contributed by atoms with Crippen LogP contribution in [0.15, 0.2) is 24.3 Å². The molecule has 1 atom stereocenters. The first-order valence-corrected chi connectivity index (χ1v) is 7.63. The summed E-state index contributed by atoms with van der Waals surface area (Å²) in [4.78, 5) is 48.1. The number of nitrogens with zero attached hydrogens (tertiary/aromatic N) is 1. The topological polar surface area (TPSA) is 83.6 Å². The Morgan fingerprint density at radius 2 is 1.48 bits per heavy atom. The van der Waals surface area contributed by atoms with Crippen molar-refractivity contribution in [1.29, 1.82) is 0 Å². The molecule has 3 rings (SSSR count). The molecule has 4 amide bonds. The second-order valence-corrected chi connectivity index (χ2v) is 6.22. The number of hydrogen-bond acceptors (Lipinski definition) is 4. The SMILES string of the molecule is CC(C)C.O=C1CCC(N2C(=O)c3ccccc3C2=O)C(=O)N1. The van der Waals surface area contributed by atoms with Gasteiger partial charge in [0.05, 0.1) is 11.1 Å². The van der Waals surface area contributed by atoms with Crippen LogP contribution in [0.3, 0.4) is 0 Å². The normalized spacial score (nSPS) is 20.2. The molecule has 6 heteroatoms. The first-order valence-electron chi connectivity index (χ1n) is 7.63. The van der Waals surface area contributed by atoms with E-state index in [0.29, 0.717) is 11.1 Å². The fourth-order valence-corrected chi connectivity index (χ4v) is 2.42. The summed E-state index contributed by atoms with van der Waals surface area (Å²) in [6.07, 6.45) is 0.306. The van der Waals surface area contributed by atoms with Crippen molar-refractivity contribution >= 4 is 23.6 Å². The number of amides is 4. The second kappa shape index (κ2) is 6.73. The van der Waals surface area contributed by atoms with Gasteiger partial charge in [0, 0.05) is 6.42 Å². The summed E-state index contributed by atoms with van der Waals surface area (Å²) in [6, 6.07) is 5.55. The van der Waals surface area contributed by atoms with E-state index in [0.717, 1.165) is 10.8 Å². The molecule has 1 unspecified atom stereocenters. The minimum Gasteiger partial charge on any atom is -0.295 e. The molecule has 2 aliphatic heterocycles. The maximum absolute atomic E-state index is 12.2. The summed E-state index contributed by atoms with van der Waals surface area (Å²) in [7, 11) is 0. The maximum Gasteiger partial charge on any atom is 0.262 e. The molecule has 1 aromatic rings. The Hall–Kier alpha value is -2.50. The Bertz CT molecular complexity index is 629. The van der Waals surface area contributed by atoms with Gasteiger partial charge in [-0.2, -0.15) is 0 Å². The van der Waals surface area contributed by atoms with Gasteiger partial charge in [0.25, 0.3) is 11.8 Å². The van der Waals surface area contributed by atoms with Crippen molar-refractivity contribution in [3.05, 3.63) is 35.4 Å². The van der Waals surface area contributed by atoms with E-state index in [1.165, 1.54) is 0 Å². The molecule has 1 N–H and O–H groups in total. The van der Waals surface area contributed by atoms with Crippen molar-refractivity contribution in [3.8, 4) is 0 Å². The third-order valence-electron chi connectivity index (χ3n) is 3.35. The Morgan fingerprint density at radius 1 is 1.00 bits per heavy atom. The van der Waals surface area contributed by atoms with Gasteiger partial charge >= 0.3 is 0 Å².